The molecule has 1 aromatic rings. The van der Waals surface area contributed by atoms with Crippen molar-refractivity contribution in [3.8, 4) is 0 Å². The van der Waals surface area contributed by atoms with Gasteiger partial charge in [0.25, 0.3) is 0 Å². The van der Waals surface area contributed by atoms with Crippen LogP contribution in [0, 0.1) is 5.92 Å². The van der Waals surface area contributed by atoms with E-state index in [2.05, 4.69) is 52.3 Å². The Labute approximate surface area is 176 Å². The average Bonchev–Trinajstić information content (AvgIpc) is 3.14. The summed E-state index contributed by atoms with van der Waals surface area (Å²) in [5, 5.41) is 7.10. The zero-order valence-corrected chi connectivity index (χ0v) is 18.4. The van der Waals surface area contributed by atoms with Gasteiger partial charge >= 0.3 is 0 Å². The standard InChI is InChI=1S/C21H22N4.2C2H6/c1-16-6-4-8-18(11-10-16)25-21(17-7-5-12-22-15-17)14-20(24-25)19-9-2-3-13-23-19;2*1-2/h2-4,6,8-13,15-16,21H,5,7,14H2,1H3;2*1-2H3. The summed E-state index contributed by atoms with van der Waals surface area (Å²) < 4.78 is 0. The zero-order chi connectivity index (χ0) is 21.1. The maximum atomic E-state index is 4.95. The fourth-order valence-electron chi connectivity index (χ4n) is 3.35. The van der Waals surface area contributed by atoms with Crippen molar-refractivity contribution in [2.75, 3.05) is 0 Å². The van der Waals surface area contributed by atoms with Gasteiger partial charge in [-0.15, -0.1) is 0 Å². The van der Waals surface area contributed by atoms with Gasteiger partial charge in [0, 0.05) is 25.0 Å². The summed E-state index contributed by atoms with van der Waals surface area (Å²) in [6, 6.07) is 6.20. The number of aliphatic imine (C=N–C) groups is 1. The van der Waals surface area contributed by atoms with Crippen molar-refractivity contribution < 1.29 is 0 Å². The normalized spacial score (nSPS) is 22.4. The Hall–Kier alpha value is -2.75. The lowest BCUT2D eigenvalue weighted by Gasteiger charge is -2.27. The SMILES string of the molecule is CC.CC.CC1C=CC=C(N2N=C(c3ccccn3)CC2C2=CN=CCC2)C=C1. The number of nitrogens with zero attached hydrogens (tertiary/aromatic N) is 4. The first-order valence-electron chi connectivity index (χ1n) is 10.9. The highest BCUT2D eigenvalue weighted by Crippen LogP contribution is 2.32. The van der Waals surface area contributed by atoms with E-state index in [4.69, 9.17) is 5.10 Å². The summed E-state index contributed by atoms with van der Waals surface area (Å²) in [7, 11) is 0. The molecule has 0 radical (unpaired) electrons. The van der Waals surface area contributed by atoms with Gasteiger partial charge in [0.2, 0.25) is 0 Å². The van der Waals surface area contributed by atoms with Gasteiger partial charge in [-0.25, -0.2) is 0 Å². The molecule has 0 N–H and O–H groups in total. The molecular weight excluding hydrogens is 356 g/mol. The van der Waals surface area contributed by atoms with E-state index < -0.39 is 0 Å². The van der Waals surface area contributed by atoms with Crippen molar-refractivity contribution in [3.63, 3.8) is 0 Å². The Kier molecular flexibility index (Phi) is 9.29. The molecule has 4 heteroatoms. The predicted octanol–water partition coefficient (Wildman–Crippen LogP) is 6.31. The lowest BCUT2D eigenvalue weighted by atomic mass is 9.96. The number of allylic oxidation sites excluding steroid dienone is 5. The van der Waals surface area contributed by atoms with E-state index in [1.165, 1.54) is 5.57 Å². The van der Waals surface area contributed by atoms with Crippen LogP contribution in [0.3, 0.4) is 0 Å². The van der Waals surface area contributed by atoms with E-state index in [1.54, 1.807) is 0 Å². The van der Waals surface area contributed by atoms with Crippen LogP contribution in [0.2, 0.25) is 0 Å². The minimum absolute atomic E-state index is 0.215. The van der Waals surface area contributed by atoms with Crippen LogP contribution in [-0.2, 0) is 0 Å². The Morgan fingerprint density at radius 3 is 2.59 bits per heavy atom. The molecule has 29 heavy (non-hydrogen) atoms. The smallest absolute Gasteiger partial charge is 0.0890 e. The number of hydrazone groups is 1. The lowest BCUT2D eigenvalue weighted by Crippen LogP contribution is -2.28. The Bertz CT molecular complexity index is 812. The minimum atomic E-state index is 0.215. The second-order valence-electron chi connectivity index (χ2n) is 6.60. The van der Waals surface area contributed by atoms with Crippen molar-refractivity contribution in [1.29, 1.82) is 0 Å². The molecule has 0 saturated carbocycles. The van der Waals surface area contributed by atoms with Crippen molar-refractivity contribution in [3.05, 3.63) is 77.9 Å². The molecule has 0 aromatic carbocycles. The predicted molar refractivity (Wildman–Crippen MR) is 125 cm³/mol. The van der Waals surface area contributed by atoms with Crippen LogP contribution in [0.15, 0.2) is 82.3 Å². The molecule has 1 aromatic heterocycles. The number of aromatic nitrogens is 1. The van der Waals surface area contributed by atoms with Crippen LogP contribution in [0.4, 0.5) is 0 Å². The Morgan fingerprint density at radius 1 is 1.07 bits per heavy atom. The Balaban J connectivity index is 0.000000707. The van der Waals surface area contributed by atoms with Crippen LogP contribution in [0.25, 0.3) is 0 Å². The van der Waals surface area contributed by atoms with Crippen molar-refractivity contribution in [2.45, 2.75) is 59.9 Å². The van der Waals surface area contributed by atoms with Crippen molar-refractivity contribution in [2.24, 2.45) is 16.0 Å². The highest BCUT2D eigenvalue weighted by molar-refractivity contribution is 6.00. The van der Waals surface area contributed by atoms with E-state index in [0.717, 1.165) is 36.4 Å². The van der Waals surface area contributed by atoms with Crippen molar-refractivity contribution >= 4 is 11.9 Å². The first-order valence-corrected chi connectivity index (χ1v) is 10.9. The van der Waals surface area contributed by atoms with Gasteiger partial charge in [-0.2, -0.15) is 5.10 Å². The summed E-state index contributed by atoms with van der Waals surface area (Å²) in [6.45, 7) is 10.2. The third-order valence-corrected chi connectivity index (χ3v) is 4.72. The van der Waals surface area contributed by atoms with Gasteiger partial charge in [0.15, 0.2) is 0 Å². The molecule has 3 aliphatic rings. The molecular formula is C25H34N4. The van der Waals surface area contributed by atoms with Crippen LogP contribution >= 0.6 is 0 Å². The number of rotatable bonds is 3. The maximum Gasteiger partial charge on any atom is 0.0890 e. The van der Waals surface area contributed by atoms with Crippen LogP contribution in [0.1, 0.15) is 59.6 Å². The first kappa shape index (κ1) is 22.5. The lowest BCUT2D eigenvalue weighted by molar-refractivity contribution is 0.331. The van der Waals surface area contributed by atoms with Crippen LogP contribution in [0.5, 0.6) is 0 Å². The van der Waals surface area contributed by atoms with Gasteiger partial charge in [0.05, 0.1) is 23.1 Å². The molecule has 0 fully saturated rings. The van der Waals surface area contributed by atoms with Crippen LogP contribution in [-0.4, -0.2) is 28.0 Å². The summed E-state index contributed by atoms with van der Waals surface area (Å²) in [6.07, 6.45) is 19.6. The second-order valence-corrected chi connectivity index (χ2v) is 6.60. The fraction of sp³-hybridized carbons (Fsp3) is 0.400. The largest absolute Gasteiger partial charge is 0.269 e. The van der Waals surface area contributed by atoms with E-state index in [9.17, 15) is 0 Å². The third-order valence-electron chi connectivity index (χ3n) is 4.72. The molecule has 2 atom stereocenters. The van der Waals surface area contributed by atoms with Gasteiger partial charge in [-0.1, -0.05) is 58.9 Å². The van der Waals surface area contributed by atoms with Crippen LogP contribution < -0.4 is 0 Å². The highest BCUT2D eigenvalue weighted by Gasteiger charge is 2.32. The van der Waals surface area contributed by atoms with E-state index in [-0.39, 0.29) is 6.04 Å². The molecule has 4 nitrogen and oxygen atoms in total. The summed E-state index contributed by atoms with van der Waals surface area (Å²) in [5.74, 6) is 0.438. The molecule has 154 valence electrons. The zero-order valence-electron chi connectivity index (χ0n) is 18.4. The van der Waals surface area contributed by atoms with Gasteiger partial charge in [-0.05, 0) is 48.6 Å². The van der Waals surface area contributed by atoms with E-state index in [0.29, 0.717) is 5.92 Å². The number of hydrogen-bond acceptors (Lipinski definition) is 4. The van der Waals surface area contributed by atoms with Crippen molar-refractivity contribution in [1.82, 2.24) is 9.99 Å². The number of pyridine rings is 1. The van der Waals surface area contributed by atoms with E-state index >= 15 is 0 Å². The first-order chi connectivity index (χ1) is 14.3. The topological polar surface area (TPSA) is 40.9 Å². The van der Waals surface area contributed by atoms with E-state index in [1.807, 2.05) is 64.5 Å². The molecule has 2 aliphatic heterocycles. The Morgan fingerprint density at radius 2 is 1.90 bits per heavy atom. The molecule has 2 unspecified atom stereocenters. The monoisotopic (exact) mass is 390 g/mol. The molecule has 0 saturated heterocycles. The molecule has 0 bridgehead atoms. The fourth-order valence-corrected chi connectivity index (χ4v) is 3.35. The summed E-state index contributed by atoms with van der Waals surface area (Å²) >= 11 is 0. The summed E-state index contributed by atoms with van der Waals surface area (Å²) in [5.41, 5.74) is 4.45. The quantitative estimate of drug-likeness (QED) is 0.607. The summed E-state index contributed by atoms with van der Waals surface area (Å²) in [4.78, 5) is 8.87. The molecule has 0 spiro atoms. The minimum Gasteiger partial charge on any atom is -0.269 e. The molecule has 3 heterocycles. The molecule has 0 amide bonds. The molecule has 4 rings (SSSR count). The van der Waals surface area contributed by atoms with Gasteiger partial charge < -0.3 is 0 Å². The highest BCUT2D eigenvalue weighted by atomic mass is 15.5. The maximum absolute atomic E-state index is 4.95. The number of hydrogen-bond donors (Lipinski definition) is 0. The average molecular weight is 391 g/mol. The van der Waals surface area contributed by atoms with Gasteiger partial charge in [-0.3, -0.25) is 15.0 Å². The second kappa shape index (κ2) is 11.9. The third kappa shape index (κ3) is 5.86. The van der Waals surface area contributed by atoms with Gasteiger partial charge in [0.1, 0.15) is 0 Å². The molecule has 1 aliphatic carbocycles.